The van der Waals surface area contributed by atoms with Crippen LogP contribution in [-0.4, -0.2) is 38.3 Å². The predicted octanol–water partition coefficient (Wildman–Crippen LogP) is 2.72. The summed E-state index contributed by atoms with van der Waals surface area (Å²) in [5, 5.41) is 0. The second-order valence-corrected chi connectivity index (χ2v) is 3.56. The van der Waals surface area contributed by atoms with Gasteiger partial charge in [0.25, 0.3) is 5.92 Å². The SMILES string of the molecule is CC(F)(F)CCOCCOCC(C)(F)F. The molecule has 0 aromatic heterocycles. The Balaban J connectivity index is 3.20. The van der Waals surface area contributed by atoms with Crippen molar-refractivity contribution in [2.45, 2.75) is 32.1 Å². The maximum Gasteiger partial charge on any atom is 0.268 e. The Morgan fingerprint density at radius 1 is 0.800 bits per heavy atom. The van der Waals surface area contributed by atoms with Gasteiger partial charge in [0.1, 0.15) is 6.61 Å². The van der Waals surface area contributed by atoms with Crippen LogP contribution in [0.2, 0.25) is 0 Å². The van der Waals surface area contributed by atoms with E-state index in [9.17, 15) is 17.6 Å². The van der Waals surface area contributed by atoms with E-state index in [2.05, 4.69) is 4.74 Å². The summed E-state index contributed by atoms with van der Waals surface area (Å²) in [5.74, 6) is -5.62. The fourth-order valence-electron chi connectivity index (χ4n) is 0.723. The number of ether oxygens (including phenoxy) is 2. The molecule has 0 unspecified atom stereocenters. The summed E-state index contributed by atoms with van der Waals surface area (Å²) in [7, 11) is 0. The fraction of sp³-hybridized carbons (Fsp3) is 1.00. The van der Waals surface area contributed by atoms with Gasteiger partial charge >= 0.3 is 0 Å². The van der Waals surface area contributed by atoms with Crippen LogP contribution in [0, 0.1) is 0 Å². The molecule has 0 spiro atoms. The van der Waals surface area contributed by atoms with Gasteiger partial charge in [-0.3, -0.25) is 0 Å². The standard InChI is InChI=1S/C9H16F4O2/c1-8(10,11)3-4-14-5-6-15-7-9(2,12)13/h3-7H2,1-2H3. The molecule has 0 aromatic rings. The number of alkyl halides is 4. The van der Waals surface area contributed by atoms with Gasteiger partial charge in [-0.15, -0.1) is 0 Å². The second kappa shape index (κ2) is 6.27. The third-order valence-electron chi connectivity index (χ3n) is 1.41. The summed E-state index contributed by atoms with van der Waals surface area (Å²) < 4.78 is 58.2. The second-order valence-electron chi connectivity index (χ2n) is 3.56. The highest BCUT2D eigenvalue weighted by Gasteiger charge is 2.21. The topological polar surface area (TPSA) is 18.5 Å². The molecule has 6 heteroatoms. The number of rotatable bonds is 8. The summed E-state index contributed by atoms with van der Waals surface area (Å²) in [4.78, 5) is 0. The Morgan fingerprint density at radius 2 is 1.33 bits per heavy atom. The Kier molecular flexibility index (Phi) is 6.12. The van der Waals surface area contributed by atoms with E-state index < -0.39 is 18.5 Å². The minimum Gasteiger partial charge on any atom is -0.379 e. The molecule has 0 bridgehead atoms. The molecule has 0 amide bonds. The average molecular weight is 232 g/mol. The average Bonchev–Trinajstić information content (AvgIpc) is 1.98. The van der Waals surface area contributed by atoms with E-state index in [0.29, 0.717) is 0 Å². The van der Waals surface area contributed by atoms with Crippen molar-refractivity contribution < 1.29 is 27.0 Å². The maximum absolute atomic E-state index is 12.2. The summed E-state index contributed by atoms with van der Waals surface area (Å²) in [5.41, 5.74) is 0. The van der Waals surface area contributed by atoms with Gasteiger partial charge in [-0.25, -0.2) is 17.6 Å². The Labute approximate surface area is 86.5 Å². The van der Waals surface area contributed by atoms with Gasteiger partial charge in [0, 0.05) is 13.3 Å². The van der Waals surface area contributed by atoms with Gasteiger partial charge in [0.2, 0.25) is 5.92 Å². The minimum atomic E-state index is -2.86. The van der Waals surface area contributed by atoms with Crippen LogP contribution in [0.15, 0.2) is 0 Å². The van der Waals surface area contributed by atoms with Crippen LogP contribution >= 0.6 is 0 Å². The zero-order chi connectivity index (χ0) is 11.9. The molecule has 0 aromatic carbocycles. The zero-order valence-electron chi connectivity index (χ0n) is 8.86. The van der Waals surface area contributed by atoms with E-state index in [1.165, 1.54) is 0 Å². The lowest BCUT2D eigenvalue weighted by Gasteiger charge is -2.12. The van der Waals surface area contributed by atoms with Crippen LogP contribution in [0.3, 0.4) is 0 Å². The lowest BCUT2D eigenvalue weighted by molar-refractivity contribution is -0.0761. The quantitative estimate of drug-likeness (QED) is 0.473. The smallest absolute Gasteiger partial charge is 0.268 e. The van der Waals surface area contributed by atoms with E-state index in [1.54, 1.807) is 0 Å². The predicted molar refractivity (Wildman–Crippen MR) is 47.5 cm³/mol. The highest BCUT2D eigenvalue weighted by atomic mass is 19.3. The molecule has 0 aliphatic carbocycles. The van der Waals surface area contributed by atoms with Crippen LogP contribution in [0.25, 0.3) is 0 Å². The van der Waals surface area contributed by atoms with E-state index in [4.69, 9.17) is 4.74 Å². The van der Waals surface area contributed by atoms with Gasteiger partial charge in [-0.05, 0) is 6.92 Å². The first-order chi connectivity index (χ1) is 6.71. The van der Waals surface area contributed by atoms with E-state index in [-0.39, 0.29) is 26.2 Å². The van der Waals surface area contributed by atoms with Crippen LogP contribution in [-0.2, 0) is 9.47 Å². The molecule has 0 N–H and O–H groups in total. The van der Waals surface area contributed by atoms with Crippen LogP contribution < -0.4 is 0 Å². The molecule has 0 saturated heterocycles. The van der Waals surface area contributed by atoms with Crippen molar-refractivity contribution in [3.05, 3.63) is 0 Å². The van der Waals surface area contributed by atoms with Gasteiger partial charge in [0.15, 0.2) is 0 Å². The third-order valence-corrected chi connectivity index (χ3v) is 1.41. The van der Waals surface area contributed by atoms with Crippen molar-refractivity contribution in [2.24, 2.45) is 0 Å². The van der Waals surface area contributed by atoms with Gasteiger partial charge in [-0.1, -0.05) is 0 Å². The van der Waals surface area contributed by atoms with Crippen molar-refractivity contribution in [1.29, 1.82) is 0 Å². The molecular weight excluding hydrogens is 216 g/mol. The maximum atomic E-state index is 12.2. The summed E-state index contributed by atoms with van der Waals surface area (Å²) in [6.45, 7) is 0.788. The first-order valence-electron chi connectivity index (χ1n) is 4.62. The molecule has 0 aliphatic rings. The Morgan fingerprint density at radius 3 is 1.80 bits per heavy atom. The monoisotopic (exact) mass is 232 g/mol. The van der Waals surface area contributed by atoms with Gasteiger partial charge in [-0.2, -0.15) is 0 Å². The Bertz CT molecular complexity index is 144. The third kappa shape index (κ3) is 13.6. The molecule has 92 valence electrons. The highest BCUT2D eigenvalue weighted by Crippen LogP contribution is 2.16. The summed E-state index contributed by atoms with van der Waals surface area (Å²) in [6.07, 6.45) is -0.378. The normalized spacial score (nSPS) is 13.2. The van der Waals surface area contributed by atoms with E-state index >= 15 is 0 Å². The van der Waals surface area contributed by atoms with Crippen LogP contribution in [0.5, 0.6) is 0 Å². The van der Waals surface area contributed by atoms with Crippen molar-refractivity contribution in [3.8, 4) is 0 Å². The lowest BCUT2D eigenvalue weighted by Crippen LogP contribution is -2.21. The molecule has 0 atom stereocenters. The van der Waals surface area contributed by atoms with Crippen LogP contribution in [0.1, 0.15) is 20.3 Å². The van der Waals surface area contributed by atoms with Crippen molar-refractivity contribution >= 4 is 0 Å². The molecule has 2 nitrogen and oxygen atoms in total. The molecule has 0 heterocycles. The van der Waals surface area contributed by atoms with E-state index in [1.807, 2.05) is 0 Å². The highest BCUT2D eigenvalue weighted by molar-refractivity contribution is 4.56. The summed E-state index contributed by atoms with van der Waals surface area (Å²) in [6, 6.07) is 0. The molecule has 0 radical (unpaired) electrons. The Hall–Kier alpha value is -0.360. The lowest BCUT2D eigenvalue weighted by atomic mass is 10.3. The molecule has 0 rings (SSSR count). The molecule has 0 saturated carbocycles. The molecule has 0 fully saturated rings. The van der Waals surface area contributed by atoms with Crippen molar-refractivity contribution in [2.75, 3.05) is 26.4 Å². The number of halogens is 4. The first kappa shape index (κ1) is 14.6. The van der Waals surface area contributed by atoms with Crippen molar-refractivity contribution in [3.63, 3.8) is 0 Å². The number of hydrogen-bond acceptors (Lipinski definition) is 2. The fourth-order valence-corrected chi connectivity index (χ4v) is 0.723. The molecular formula is C9H16F4O2. The minimum absolute atomic E-state index is 0.0152. The first-order valence-corrected chi connectivity index (χ1v) is 4.62. The van der Waals surface area contributed by atoms with Gasteiger partial charge in [0.05, 0.1) is 19.8 Å². The molecule has 0 aliphatic heterocycles. The zero-order valence-corrected chi connectivity index (χ0v) is 8.86. The summed E-state index contributed by atoms with van der Waals surface area (Å²) >= 11 is 0. The van der Waals surface area contributed by atoms with E-state index in [0.717, 1.165) is 13.8 Å². The largest absolute Gasteiger partial charge is 0.379 e. The molecule has 15 heavy (non-hydrogen) atoms. The van der Waals surface area contributed by atoms with Gasteiger partial charge < -0.3 is 9.47 Å². The van der Waals surface area contributed by atoms with Crippen LogP contribution in [0.4, 0.5) is 17.6 Å². The number of hydrogen-bond donors (Lipinski definition) is 0. The van der Waals surface area contributed by atoms with Crippen molar-refractivity contribution in [1.82, 2.24) is 0 Å².